The highest BCUT2D eigenvalue weighted by atomic mass is 32.1. The number of carbonyl (C=O) groups is 1. The molecule has 8 nitrogen and oxygen atoms in total. The normalized spacial score (nSPS) is 10.4. The van der Waals surface area contributed by atoms with Crippen LogP contribution in [-0.2, 0) is 11.2 Å². The summed E-state index contributed by atoms with van der Waals surface area (Å²) in [5.74, 6) is -0.0780. The van der Waals surface area contributed by atoms with Crippen LogP contribution in [0, 0.1) is 0 Å². The van der Waals surface area contributed by atoms with Gasteiger partial charge in [-0.05, 0) is 36.7 Å². The molecule has 2 rings (SSSR count). The Kier molecular flexibility index (Phi) is 8.67. The molecule has 0 aliphatic carbocycles. The van der Waals surface area contributed by atoms with Crippen LogP contribution in [-0.4, -0.2) is 41.8 Å². The number of benzene rings is 1. The third-order valence-electron chi connectivity index (χ3n) is 3.62. The summed E-state index contributed by atoms with van der Waals surface area (Å²) in [5.41, 5.74) is 6.96. The van der Waals surface area contributed by atoms with Crippen molar-refractivity contribution >= 4 is 29.3 Å². The molecule has 0 saturated heterocycles. The van der Waals surface area contributed by atoms with Crippen LogP contribution in [0.4, 0.5) is 0 Å². The van der Waals surface area contributed by atoms with Crippen LogP contribution in [0.1, 0.15) is 17.5 Å². The largest absolute Gasteiger partial charge is 0.480 e. The summed E-state index contributed by atoms with van der Waals surface area (Å²) < 4.78 is 10.1. The molecule has 28 heavy (non-hydrogen) atoms. The maximum absolute atomic E-state index is 11.9. The molecule has 148 valence electrons. The average molecular weight is 401 g/mol. The van der Waals surface area contributed by atoms with E-state index in [1.54, 1.807) is 0 Å². The van der Waals surface area contributed by atoms with Gasteiger partial charge in [0.05, 0.1) is 19.8 Å². The van der Waals surface area contributed by atoms with Gasteiger partial charge in [-0.1, -0.05) is 30.3 Å². The number of hydrogen-bond acceptors (Lipinski definition) is 6. The zero-order chi connectivity index (χ0) is 20.2. The van der Waals surface area contributed by atoms with Crippen LogP contribution in [0.2, 0.25) is 0 Å². The van der Waals surface area contributed by atoms with E-state index >= 15 is 0 Å². The summed E-state index contributed by atoms with van der Waals surface area (Å²) in [5, 5.41) is 3.39. The third-order valence-corrected chi connectivity index (χ3v) is 3.86. The van der Waals surface area contributed by atoms with Gasteiger partial charge in [0, 0.05) is 18.8 Å². The zero-order valence-corrected chi connectivity index (χ0v) is 16.6. The van der Waals surface area contributed by atoms with E-state index in [-0.39, 0.29) is 11.9 Å². The number of ether oxygens (including phenoxy) is 2. The van der Waals surface area contributed by atoms with Gasteiger partial charge < -0.3 is 14.8 Å². The lowest BCUT2D eigenvalue weighted by molar-refractivity contribution is -0.116. The fourth-order valence-electron chi connectivity index (χ4n) is 2.25. The number of methoxy groups -OCH3 is 2. The molecular formula is C19H23N5O3S. The van der Waals surface area contributed by atoms with Crippen molar-refractivity contribution in [3.05, 3.63) is 53.7 Å². The van der Waals surface area contributed by atoms with Crippen molar-refractivity contribution < 1.29 is 14.3 Å². The lowest BCUT2D eigenvalue weighted by Crippen LogP contribution is -2.46. The molecule has 0 bridgehead atoms. The molecule has 0 atom stereocenters. The molecule has 0 saturated carbocycles. The Bertz CT molecular complexity index is 814. The molecule has 2 aromatic rings. The molecule has 0 radical (unpaired) electrons. The van der Waals surface area contributed by atoms with Crippen LogP contribution in [0.3, 0.4) is 0 Å². The minimum Gasteiger partial charge on any atom is -0.480 e. The first-order valence-corrected chi connectivity index (χ1v) is 9.04. The van der Waals surface area contributed by atoms with Crippen LogP contribution >= 0.6 is 12.2 Å². The van der Waals surface area contributed by atoms with Gasteiger partial charge in [0.1, 0.15) is 0 Å². The quantitative estimate of drug-likeness (QED) is 0.266. The average Bonchev–Trinajstić information content (AvgIpc) is 2.74. The second kappa shape index (κ2) is 11.5. The highest BCUT2D eigenvalue weighted by Gasteiger charge is 2.06. The highest BCUT2D eigenvalue weighted by Crippen LogP contribution is 2.18. The van der Waals surface area contributed by atoms with Crippen molar-refractivity contribution in [1.82, 2.24) is 26.1 Å². The van der Waals surface area contributed by atoms with Gasteiger partial charge in [0.25, 0.3) is 5.91 Å². The van der Waals surface area contributed by atoms with E-state index < -0.39 is 0 Å². The number of aryl methyl sites for hydroxylation is 1. The van der Waals surface area contributed by atoms with E-state index in [2.05, 4.69) is 38.3 Å². The van der Waals surface area contributed by atoms with Gasteiger partial charge >= 0.3 is 6.01 Å². The Morgan fingerprint density at radius 2 is 1.96 bits per heavy atom. The van der Waals surface area contributed by atoms with E-state index in [1.165, 1.54) is 38.1 Å². The Hall–Kier alpha value is -3.20. The van der Waals surface area contributed by atoms with E-state index in [0.717, 1.165) is 12.8 Å². The number of amides is 1. The third kappa shape index (κ3) is 7.20. The number of rotatable bonds is 8. The standard InChI is InChI=1S/C19H23N5O3S/c1-26-17-15(13-21-18(22-17)27-2)10-11-16(25)23-24-19(28)20-12-6-9-14-7-4-3-5-8-14/h3-5,7-8,10-11,13H,6,9,12H2,1-2H3,(H,23,25)(H2,20,24,28). The van der Waals surface area contributed by atoms with Crippen molar-refractivity contribution in [3.8, 4) is 11.9 Å². The molecule has 1 amide bonds. The summed E-state index contributed by atoms with van der Waals surface area (Å²) in [6.45, 7) is 0.701. The van der Waals surface area contributed by atoms with Gasteiger partial charge in [-0.3, -0.25) is 15.6 Å². The Morgan fingerprint density at radius 3 is 2.68 bits per heavy atom. The number of thiocarbonyl (C=S) groups is 1. The van der Waals surface area contributed by atoms with Gasteiger partial charge in [-0.2, -0.15) is 4.98 Å². The van der Waals surface area contributed by atoms with Gasteiger partial charge in [0.2, 0.25) is 5.88 Å². The van der Waals surface area contributed by atoms with E-state index in [9.17, 15) is 4.79 Å². The topological polar surface area (TPSA) is 97.4 Å². The predicted octanol–water partition coefficient (Wildman–Crippen LogP) is 1.64. The molecule has 0 fully saturated rings. The Balaban J connectivity index is 1.70. The van der Waals surface area contributed by atoms with Gasteiger partial charge in [0.15, 0.2) is 5.11 Å². The van der Waals surface area contributed by atoms with E-state index in [4.69, 9.17) is 21.7 Å². The van der Waals surface area contributed by atoms with Gasteiger partial charge in [-0.25, -0.2) is 4.98 Å². The van der Waals surface area contributed by atoms with Crippen molar-refractivity contribution in [2.45, 2.75) is 12.8 Å². The molecule has 1 aromatic carbocycles. The lowest BCUT2D eigenvalue weighted by Gasteiger charge is -2.10. The molecule has 0 aliphatic rings. The van der Waals surface area contributed by atoms with Crippen molar-refractivity contribution in [2.75, 3.05) is 20.8 Å². The highest BCUT2D eigenvalue weighted by molar-refractivity contribution is 7.80. The maximum atomic E-state index is 11.9. The first-order chi connectivity index (χ1) is 13.6. The van der Waals surface area contributed by atoms with Crippen LogP contribution in [0.15, 0.2) is 42.6 Å². The summed E-state index contributed by atoms with van der Waals surface area (Å²) >= 11 is 5.13. The minimum atomic E-state index is -0.383. The molecule has 1 aromatic heterocycles. The smallest absolute Gasteiger partial charge is 0.319 e. The molecule has 0 spiro atoms. The first kappa shape index (κ1) is 21.1. The van der Waals surface area contributed by atoms with Crippen LogP contribution in [0.25, 0.3) is 6.08 Å². The number of nitrogens with one attached hydrogen (secondary N) is 3. The van der Waals surface area contributed by atoms with Crippen LogP contribution in [0.5, 0.6) is 11.9 Å². The summed E-state index contributed by atoms with van der Waals surface area (Å²) in [6, 6.07) is 10.4. The summed E-state index contributed by atoms with van der Waals surface area (Å²) in [7, 11) is 2.94. The number of aromatic nitrogens is 2. The summed E-state index contributed by atoms with van der Waals surface area (Å²) in [6.07, 6.45) is 6.24. The molecule has 0 unspecified atom stereocenters. The Morgan fingerprint density at radius 1 is 1.18 bits per heavy atom. The summed E-state index contributed by atoms with van der Waals surface area (Å²) in [4.78, 5) is 19.9. The number of carbonyl (C=O) groups excluding carboxylic acids is 1. The van der Waals surface area contributed by atoms with Crippen molar-refractivity contribution in [2.24, 2.45) is 0 Å². The predicted molar refractivity (Wildman–Crippen MR) is 111 cm³/mol. The monoisotopic (exact) mass is 401 g/mol. The minimum absolute atomic E-state index is 0.184. The molecule has 1 heterocycles. The number of nitrogens with zero attached hydrogens (tertiary/aromatic N) is 2. The fourth-order valence-corrected chi connectivity index (χ4v) is 2.40. The van der Waals surface area contributed by atoms with E-state index in [0.29, 0.717) is 23.1 Å². The zero-order valence-electron chi connectivity index (χ0n) is 15.8. The second-order valence-electron chi connectivity index (χ2n) is 5.61. The fraction of sp³-hybridized carbons (Fsp3) is 0.263. The number of hydrogen-bond donors (Lipinski definition) is 3. The van der Waals surface area contributed by atoms with Crippen LogP contribution < -0.4 is 25.6 Å². The van der Waals surface area contributed by atoms with Crippen molar-refractivity contribution in [1.29, 1.82) is 0 Å². The first-order valence-electron chi connectivity index (χ1n) is 8.63. The lowest BCUT2D eigenvalue weighted by atomic mass is 10.1. The van der Waals surface area contributed by atoms with Gasteiger partial charge in [-0.15, -0.1) is 0 Å². The molecular weight excluding hydrogens is 378 g/mol. The maximum Gasteiger partial charge on any atom is 0.319 e. The molecule has 3 N–H and O–H groups in total. The van der Waals surface area contributed by atoms with E-state index in [1.807, 2.05) is 18.2 Å². The SMILES string of the molecule is COc1ncc(C=CC(=O)NNC(=S)NCCCc2ccccc2)c(OC)n1. The molecule has 0 aliphatic heterocycles. The second-order valence-corrected chi connectivity index (χ2v) is 6.02. The number of hydrazine groups is 1. The van der Waals surface area contributed by atoms with Crippen molar-refractivity contribution in [3.63, 3.8) is 0 Å². The molecule has 9 heteroatoms. The Labute approximate surface area is 169 Å².